The monoisotopic (exact) mass is 338 g/mol. The molecule has 2 aromatic carbocycles. The van der Waals surface area contributed by atoms with Gasteiger partial charge in [-0.15, -0.1) is 6.58 Å². The van der Waals surface area contributed by atoms with Gasteiger partial charge in [-0.25, -0.2) is 0 Å². The number of hydrogen-bond acceptors (Lipinski definition) is 2. The van der Waals surface area contributed by atoms with E-state index in [1.165, 1.54) is 10.4 Å². The Morgan fingerprint density at radius 1 is 1.00 bits per heavy atom. The van der Waals surface area contributed by atoms with Gasteiger partial charge in [-0.05, 0) is 15.4 Å². The van der Waals surface area contributed by atoms with Crippen LogP contribution in [0.5, 0.6) is 0 Å². The zero-order chi connectivity index (χ0) is 17.6. The van der Waals surface area contributed by atoms with Crippen molar-refractivity contribution in [2.45, 2.75) is 38.3 Å². The van der Waals surface area contributed by atoms with Crippen molar-refractivity contribution in [3.63, 3.8) is 0 Å². The zero-order valence-corrected chi connectivity index (χ0v) is 15.7. The summed E-state index contributed by atoms with van der Waals surface area (Å²) >= 11 is 0. The predicted octanol–water partition coefficient (Wildman–Crippen LogP) is 3.71. The Bertz CT molecular complexity index is 620. The first-order chi connectivity index (χ1) is 11.5. The van der Waals surface area contributed by atoms with Gasteiger partial charge in [-0.2, -0.15) is 0 Å². The first-order valence-electron chi connectivity index (χ1n) is 8.30. The van der Waals surface area contributed by atoms with Gasteiger partial charge in [0.2, 0.25) is 0 Å². The zero-order valence-electron chi connectivity index (χ0n) is 14.7. The predicted molar refractivity (Wildman–Crippen MR) is 103 cm³/mol. The fourth-order valence-electron chi connectivity index (χ4n) is 3.21. The van der Waals surface area contributed by atoms with Gasteiger partial charge < -0.3 is 9.22 Å². The van der Waals surface area contributed by atoms with E-state index in [-0.39, 0.29) is 11.1 Å². The van der Waals surface area contributed by atoms with Crippen molar-refractivity contribution < 1.29 is 9.22 Å². The van der Waals surface area contributed by atoms with Gasteiger partial charge in [0.25, 0.3) is 8.32 Å². The number of carbonyl (C=O) groups is 1. The van der Waals surface area contributed by atoms with E-state index in [0.29, 0.717) is 6.42 Å². The van der Waals surface area contributed by atoms with Crippen LogP contribution in [0.3, 0.4) is 0 Å². The first kappa shape index (κ1) is 18.4. The summed E-state index contributed by atoms with van der Waals surface area (Å²) in [6.07, 6.45) is 2.69. The molecule has 0 saturated heterocycles. The van der Waals surface area contributed by atoms with Crippen LogP contribution < -0.4 is 10.4 Å². The quantitative estimate of drug-likeness (QED) is 0.437. The summed E-state index contributed by atoms with van der Waals surface area (Å²) in [5.41, 5.74) is 0. The standard InChI is InChI=1S/C21H26O2Si/c1-5-18(16-17-22)23-24(21(2,3)4,19-12-8-6-9-13-19)20-14-10-7-11-15-20/h5-15,17-18H,1,16H2,2-4H3/t18-/m1/s1. The highest BCUT2D eigenvalue weighted by Gasteiger charge is 2.51. The summed E-state index contributed by atoms with van der Waals surface area (Å²) in [5.74, 6) is 0. The summed E-state index contributed by atoms with van der Waals surface area (Å²) in [7, 11) is -2.60. The molecule has 3 heteroatoms. The number of hydrogen-bond donors (Lipinski definition) is 0. The molecule has 0 aromatic heterocycles. The molecule has 0 unspecified atom stereocenters. The van der Waals surface area contributed by atoms with Crippen molar-refractivity contribution in [1.82, 2.24) is 0 Å². The number of rotatable bonds is 7. The largest absolute Gasteiger partial charge is 0.401 e. The van der Waals surface area contributed by atoms with E-state index in [4.69, 9.17) is 4.43 Å². The second-order valence-corrected chi connectivity index (χ2v) is 11.2. The van der Waals surface area contributed by atoms with Gasteiger partial charge in [-0.3, -0.25) is 0 Å². The van der Waals surface area contributed by atoms with Crippen molar-refractivity contribution in [2.24, 2.45) is 0 Å². The fourth-order valence-corrected chi connectivity index (χ4v) is 7.87. The van der Waals surface area contributed by atoms with Crippen LogP contribution in [0.2, 0.25) is 5.04 Å². The molecule has 0 aliphatic carbocycles. The molecule has 0 N–H and O–H groups in total. The maximum atomic E-state index is 11.1. The van der Waals surface area contributed by atoms with E-state index in [1.807, 2.05) is 12.1 Å². The minimum absolute atomic E-state index is 0.0974. The van der Waals surface area contributed by atoms with Gasteiger partial charge >= 0.3 is 0 Å². The Balaban J connectivity index is 2.70. The molecule has 2 rings (SSSR count). The third-order valence-corrected chi connectivity index (χ3v) is 9.40. The van der Waals surface area contributed by atoms with E-state index < -0.39 is 8.32 Å². The van der Waals surface area contributed by atoms with Crippen molar-refractivity contribution in [3.8, 4) is 0 Å². The van der Waals surface area contributed by atoms with E-state index in [2.05, 4.69) is 75.9 Å². The SMILES string of the molecule is C=C[C@H](CC=O)O[Si](c1ccccc1)(c1ccccc1)C(C)(C)C. The molecule has 1 atom stereocenters. The molecule has 0 aliphatic heterocycles. The topological polar surface area (TPSA) is 26.3 Å². The van der Waals surface area contributed by atoms with Crippen LogP contribution in [-0.2, 0) is 9.22 Å². The Kier molecular flexibility index (Phi) is 5.92. The lowest BCUT2D eigenvalue weighted by Gasteiger charge is -2.44. The van der Waals surface area contributed by atoms with Crippen LogP contribution in [0.15, 0.2) is 73.3 Å². The molecule has 2 aromatic rings. The van der Waals surface area contributed by atoms with Crippen molar-refractivity contribution in [2.75, 3.05) is 0 Å². The number of aldehydes is 1. The lowest BCUT2D eigenvalue weighted by atomic mass is 10.2. The van der Waals surface area contributed by atoms with E-state index in [9.17, 15) is 4.79 Å². The third kappa shape index (κ3) is 3.58. The maximum absolute atomic E-state index is 11.1. The Hall–Kier alpha value is -1.97. The average molecular weight is 339 g/mol. The molecular formula is C21H26O2Si. The normalized spacial score (nSPS) is 13.3. The van der Waals surface area contributed by atoms with Gasteiger partial charge in [-0.1, -0.05) is 87.5 Å². The van der Waals surface area contributed by atoms with Crippen LogP contribution in [0.1, 0.15) is 27.2 Å². The highest BCUT2D eigenvalue weighted by molar-refractivity contribution is 6.99. The molecule has 0 aliphatic rings. The molecule has 126 valence electrons. The molecule has 0 radical (unpaired) electrons. The van der Waals surface area contributed by atoms with Gasteiger partial charge in [0.15, 0.2) is 0 Å². The van der Waals surface area contributed by atoms with Crippen molar-refractivity contribution in [1.29, 1.82) is 0 Å². The number of carbonyl (C=O) groups excluding carboxylic acids is 1. The highest BCUT2D eigenvalue weighted by atomic mass is 28.4. The molecule has 0 bridgehead atoms. The van der Waals surface area contributed by atoms with Crippen LogP contribution >= 0.6 is 0 Å². The first-order valence-corrected chi connectivity index (χ1v) is 10.2. The Labute approximate surface area is 146 Å². The Morgan fingerprint density at radius 2 is 1.46 bits per heavy atom. The lowest BCUT2D eigenvalue weighted by molar-refractivity contribution is -0.108. The number of benzene rings is 2. The molecule has 0 heterocycles. The van der Waals surface area contributed by atoms with Crippen molar-refractivity contribution >= 4 is 25.0 Å². The second kappa shape index (κ2) is 7.73. The molecule has 0 spiro atoms. The molecule has 2 nitrogen and oxygen atoms in total. The second-order valence-electron chi connectivity index (χ2n) is 6.96. The fraction of sp³-hybridized carbons (Fsp3) is 0.286. The van der Waals surface area contributed by atoms with Gasteiger partial charge in [0.05, 0.1) is 6.10 Å². The van der Waals surface area contributed by atoms with E-state index in [0.717, 1.165) is 6.29 Å². The summed E-state index contributed by atoms with van der Waals surface area (Å²) in [4.78, 5) is 11.1. The van der Waals surface area contributed by atoms with Crippen LogP contribution in [0.25, 0.3) is 0 Å². The highest BCUT2D eigenvalue weighted by Crippen LogP contribution is 2.37. The minimum atomic E-state index is -2.60. The molecular weight excluding hydrogens is 312 g/mol. The summed E-state index contributed by atoms with van der Waals surface area (Å²) in [6.45, 7) is 10.5. The molecule has 0 amide bonds. The van der Waals surface area contributed by atoms with E-state index in [1.54, 1.807) is 6.08 Å². The van der Waals surface area contributed by atoms with Gasteiger partial charge in [0, 0.05) is 6.42 Å². The van der Waals surface area contributed by atoms with Crippen molar-refractivity contribution in [3.05, 3.63) is 73.3 Å². The third-order valence-electron chi connectivity index (χ3n) is 4.34. The molecule has 0 saturated carbocycles. The lowest BCUT2D eigenvalue weighted by Crippen LogP contribution is -2.67. The van der Waals surface area contributed by atoms with E-state index >= 15 is 0 Å². The Morgan fingerprint density at radius 3 is 1.79 bits per heavy atom. The molecule has 24 heavy (non-hydrogen) atoms. The maximum Gasteiger partial charge on any atom is 0.261 e. The summed E-state index contributed by atoms with van der Waals surface area (Å²) in [5, 5.41) is 2.32. The average Bonchev–Trinajstić information content (AvgIpc) is 2.59. The smallest absolute Gasteiger partial charge is 0.261 e. The molecule has 0 fully saturated rings. The van der Waals surface area contributed by atoms with Crippen LogP contribution in [0, 0.1) is 0 Å². The van der Waals surface area contributed by atoms with Gasteiger partial charge in [0.1, 0.15) is 6.29 Å². The van der Waals surface area contributed by atoms with Crippen LogP contribution in [-0.4, -0.2) is 20.7 Å². The van der Waals surface area contributed by atoms with Crippen LogP contribution in [0.4, 0.5) is 0 Å². The summed E-state index contributed by atoms with van der Waals surface area (Å²) < 4.78 is 6.75. The minimum Gasteiger partial charge on any atom is -0.401 e. The summed E-state index contributed by atoms with van der Waals surface area (Å²) in [6, 6.07) is 20.8.